The Balaban J connectivity index is 1.73. The quantitative estimate of drug-likeness (QED) is 0.944. The summed E-state index contributed by atoms with van der Waals surface area (Å²) in [6, 6.07) is 6.28. The lowest BCUT2D eigenvalue weighted by molar-refractivity contribution is 0.0916. The molecule has 2 aromatic rings. The normalized spacial score (nSPS) is 16.5. The number of rotatable bonds is 3. The molecule has 0 atom stereocenters. The van der Waals surface area contributed by atoms with Crippen LogP contribution in [0.2, 0.25) is 0 Å². The van der Waals surface area contributed by atoms with E-state index in [4.69, 9.17) is 0 Å². The number of carbonyl (C=O) groups excluding carboxylic acids is 1. The number of nitrogens with one attached hydrogen (secondary N) is 1. The molecule has 0 spiro atoms. The lowest BCUT2D eigenvalue weighted by atomic mass is 10.1. The standard InChI is InChI=1S/C17H21FN4O/c1-12-16(17(23)20-14-7-9-21(2)10-8-14)11-19-22(12)15-5-3-13(18)4-6-15/h3-6,11,14H,7-10H2,1-2H3,(H,20,23). The van der Waals surface area contributed by atoms with Gasteiger partial charge in [0.15, 0.2) is 0 Å². The Bertz CT molecular complexity index is 687. The van der Waals surface area contributed by atoms with Gasteiger partial charge in [-0.1, -0.05) is 0 Å². The fourth-order valence-corrected chi connectivity index (χ4v) is 2.89. The Morgan fingerprint density at radius 3 is 2.57 bits per heavy atom. The van der Waals surface area contributed by atoms with Crippen molar-refractivity contribution in [2.75, 3.05) is 20.1 Å². The van der Waals surface area contributed by atoms with Crippen molar-refractivity contribution in [2.24, 2.45) is 0 Å². The largest absolute Gasteiger partial charge is 0.349 e. The first-order chi connectivity index (χ1) is 11.0. The first kappa shape index (κ1) is 15.7. The zero-order valence-corrected chi connectivity index (χ0v) is 13.4. The van der Waals surface area contributed by atoms with E-state index in [0.717, 1.165) is 37.3 Å². The van der Waals surface area contributed by atoms with E-state index in [1.807, 2.05) is 6.92 Å². The third kappa shape index (κ3) is 3.42. The van der Waals surface area contributed by atoms with Crippen LogP contribution in [0.5, 0.6) is 0 Å². The molecule has 1 aromatic heterocycles. The van der Waals surface area contributed by atoms with Crippen molar-refractivity contribution in [1.82, 2.24) is 20.0 Å². The van der Waals surface area contributed by atoms with Crippen LogP contribution in [0.1, 0.15) is 28.9 Å². The van der Waals surface area contributed by atoms with Gasteiger partial charge in [-0.2, -0.15) is 5.10 Å². The summed E-state index contributed by atoms with van der Waals surface area (Å²) in [6.45, 7) is 3.84. The highest BCUT2D eigenvalue weighted by Gasteiger charge is 2.21. The van der Waals surface area contributed by atoms with Crippen LogP contribution in [-0.4, -0.2) is 46.8 Å². The number of hydrogen-bond donors (Lipinski definition) is 1. The molecule has 122 valence electrons. The summed E-state index contributed by atoms with van der Waals surface area (Å²) in [7, 11) is 2.09. The number of carbonyl (C=O) groups is 1. The van der Waals surface area contributed by atoms with Crippen LogP contribution in [0.15, 0.2) is 30.5 Å². The molecule has 1 aliphatic heterocycles. The third-order valence-electron chi connectivity index (χ3n) is 4.38. The minimum absolute atomic E-state index is 0.0922. The van der Waals surface area contributed by atoms with Gasteiger partial charge in [-0.25, -0.2) is 9.07 Å². The Morgan fingerprint density at radius 2 is 1.91 bits per heavy atom. The van der Waals surface area contributed by atoms with Gasteiger partial charge in [0.05, 0.1) is 23.1 Å². The molecule has 6 heteroatoms. The lowest BCUT2D eigenvalue weighted by Gasteiger charge is -2.29. The summed E-state index contributed by atoms with van der Waals surface area (Å²) < 4.78 is 14.7. The second kappa shape index (κ2) is 6.50. The molecule has 5 nitrogen and oxygen atoms in total. The number of hydrogen-bond acceptors (Lipinski definition) is 3. The summed E-state index contributed by atoms with van der Waals surface area (Å²) in [5.74, 6) is -0.385. The molecule has 1 aromatic carbocycles. The van der Waals surface area contributed by atoms with Crippen molar-refractivity contribution in [3.8, 4) is 5.69 Å². The van der Waals surface area contributed by atoms with Gasteiger partial charge in [0.1, 0.15) is 5.82 Å². The van der Waals surface area contributed by atoms with Gasteiger partial charge in [0, 0.05) is 6.04 Å². The van der Waals surface area contributed by atoms with Gasteiger partial charge in [0.2, 0.25) is 0 Å². The number of aromatic nitrogens is 2. The van der Waals surface area contributed by atoms with E-state index in [1.54, 1.807) is 23.0 Å². The number of likely N-dealkylation sites (tertiary alicyclic amines) is 1. The second-order valence-electron chi connectivity index (χ2n) is 6.08. The van der Waals surface area contributed by atoms with E-state index >= 15 is 0 Å². The molecule has 0 unspecified atom stereocenters. The number of benzene rings is 1. The van der Waals surface area contributed by atoms with Crippen molar-refractivity contribution < 1.29 is 9.18 Å². The van der Waals surface area contributed by atoms with E-state index in [9.17, 15) is 9.18 Å². The van der Waals surface area contributed by atoms with Gasteiger partial charge in [-0.05, 0) is 64.2 Å². The summed E-state index contributed by atoms with van der Waals surface area (Å²) >= 11 is 0. The molecular formula is C17H21FN4O. The second-order valence-corrected chi connectivity index (χ2v) is 6.08. The molecule has 0 radical (unpaired) electrons. The monoisotopic (exact) mass is 316 g/mol. The first-order valence-corrected chi connectivity index (χ1v) is 7.84. The number of amides is 1. The molecule has 23 heavy (non-hydrogen) atoms. The topological polar surface area (TPSA) is 50.2 Å². The molecule has 1 aliphatic rings. The van der Waals surface area contributed by atoms with Crippen LogP contribution >= 0.6 is 0 Å². The van der Waals surface area contributed by atoms with Crippen LogP contribution in [0, 0.1) is 12.7 Å². The molecule has 1 fully saturated rings. The maximum absolute atomic E-state index is 13.0. The Hall–Kier alpha value is -2.21. The lowest BCUT2D eigenvalue weighted by Crippen LogP contribution is -2.43. The van der Waals surface area contributed by atoms with Gasteiger partial charge < -0.3 is 10.2 Å². The van der Waals surface area contributed by atoms with Crippen molar-refractivity contribution in [3.05, 3.63) is 47.5 Å². The smallest absolute Gasteiger partial charge is 0.254 e. The number of halogens is 1. The van der Waals surface area contributed by atoms with E-state index in [-0.39, 0.29) is 17.8 Å². The van der Waals surface area contributed by atoms with Crippen LogP contribution in [0.4, 0.5) is 4.39 Å². The van der Waals surface area contributed by atoms with Gasteiger partial charge >= 0.3 is 0 Å². The van der Waals surface area contributed by atoms with Crippen LogP contribution < -0.4 is 5.32 Å². The predicted molar refractivity (Wildman–Crippen MR) is 86.2 cm³/mol. The predicted octanol–water partition coefficient (Wildman–Crippen LogP) is 2.14. The molecule has 0 saturated carbocycles. The van der Waals surface area contributed by atoms with Crippen molar-refractivity contribution in [3.63, 3.8) is 0 Å². The molecule has 0 aliphatic carbocycles. The first-order valence-electron chi connectivity index (χ1n) is 7.84. The molecule has 1 saturated heterocycles. The highest BCUT2D eigenvalue weighted by molar-refractivity contribution is 5.95. The summed E-state index contributed by atoms with van der Waals surface area (Å²) in [4.78, 5) is 14.7. The SMILES string of the molecule is Cc1c(C(=O)NC2CCN(C)CC2)cnn1-c1ccc(F)cc1. The zero-order chi connectivity index (χ0) is 16.4. The van der Waals surface area contributed by atoms with Gasteiger partial charge in [-0.15, -0.1) is 0 Å². The van der Waals surface area contributed by atoms with Crippen LogP contribution in [0.3, 0.4) is 0 Å². The van der Waals surface area contributed by atoms with Gasteiger partial charge in [-0.3, -0.25) is 4.79 Å². The summed E-state index contributed by atoms with van der Waals surface area (Å²) in [5.41, 5.74) is 2.05. The van der Waals surface area contributed by atoms with E-state index < -0.39 is 0 Å². The highest BCUT2D eigenvalue weighted by Crippen LogP contribution is 2.16. The number of piperidine rings is 1. The van der Waals surface area contributed by atoms with E-state index in [2.05, 4.69) is 22.4 Å². The summed E-state index contributed by atoms with van der Waals surface area (Å²) in [5, 5.41) is 7.36. The molecule has 3 rings (SSSR count). The van der Waals surface area contributed by atoms with Crippen LogP contribution in [-0.2, 0) is 0 Å². The van der Waals surface area contributed by atoms with Gasteiger partial charge in [0.25, 0.3) is 5.91 Å². The fraction of sp³-hybridized carbons (Fsp3) is 0.412. The molecule has 1 amide bonds. The highest BCUT2D eigenvalue weighted by atomic mass is 19.1. The maximum Gasteiger partial charge on any atom is 0.254 e. The molecule has 2 heterocycles. The Kier molecular flexibility index (Phi) is 4.43. The minimum Gasteiger partial charge on any atom is -0.349 e. The third-order valence-corrected chi connectivity index (χ3v) is 4.38. The Morgan fingerprint density at radius 1 is 1.26 bits per heavy atom. The Labute approximate surface area is 135 Å². The van der Waals surface area contributed by atoms with Crippen molar-refractivity contribution >= 4 is 5.91 Å². The summed E-state index contributed by atoms with van der Waals surface area (Å²) in [6.07, 6.45) is 3.50. The molecule has 1 N–H and O–H groups in total. The van der Waals surface area contributed by atoms with Crippen molar-refractivity contribution in [2.45, 2.75) is 25.8 Å². The fourth-order valence-electron chi connectivity index (χ4n) is 2.89. The zero-order valence-electron chi connectivity index (χ0n) is 13.4. The van der Waals surface area contributed by atoms with Crippen LogP contribution in [0.25, 0.3) is 5.69 Å². The number of nitrogens with zero attached hydrogens (tertiary/aromatic N) is 3. The minimum atomic E-state index is -0.293. The average Bonchev–Trinajstić information content (AvgIpc) is 2.92. The maximum atomic E-state index is 13.0. The van der Waals surface area contributed by atoms with Crippen molar-refractivity contribution in [1.29, 1.82) is 0 Å². The molecular weight excluding hydrogens is 295 g/mol. The molecule has 0 bridgehead atoms. The van der Waals surface area contributed by atoms with E-state index in [0.29, 0.717) is 5.56 Å². The average molecular weight is 316 g/mol. The van der Waals surface area contributed by atoms with E-state index in [1.165, 1.54) is 12.1 Å².